The number of carbonyl (C=O) groups is 1. The van der Waals surface area contributed by atoms with Crippen LogP contribution in [0.15, 0.2) is 72.3 Å². The number of benzene rings is 2. The van der Waals surface area contributed by atoms with Crippen LogP contribution in [0, 0.1) is 5.41 Å². The van der Waals surface area contributed by atoms with E-state index in [9.17, 15) is 4.79 Å². The summed E-state index contributed by atoms with van der Waals surface area (Å²) in [6.45, 7) is 2.99. The van der Waals surface area contributed by atoms with Crippen molar-refractivity contribution in [1.82, 2.24) is 4.90 Å². The second-order valence-electron chi connectivity index (χ2n) is 7.54. The van der Waals surface area contributed by atoms with Crippen molar-refractivity contribution in [1.29, 1.82) is 0 Å². The highest BCUT2D eigenvalue weighted by Crippen LogP contribution is 2.45. The van der Waals surface area contributed by atoms with E-state index in [4.69, 9.17) is 0 Å². The Balaban J connectivity index is 1.59. The van der Waals surface area contributed by atoms with Crippen LogP contribution >= 0.6 is 0 Å². The molecule has 25 heavy (non-hydrogen) atoms. The lowest BCUT2D eigenvalue weighted by Gasteiger charge is -2.46. The van der Waals surface area contributed by atoms with Gasteiger partial charge in [-0.25, -0.2) is 0 Å². The number of carbonyl (C=O) groups excluding carboxylic acids is 1. The molecule has 0 spiro atoms. The first-order valence-corrected chi connectivity index (χ1v) is 9.25. The molecule has 1 fully saturated rings. The van der Waals surface area contributed by atoms with Crippen molar-refractivity contribution in [3.05, 3.63) is 83.4 Å². The van der Waals surface area contributed by atoms with Gasteiger partial charge < -0.3 is 0 Å². The van der Waals surface area contributed by atoms with Crippen LogP contribution in [-0.4, -0.2) is 23.8 Å². The summed E-state index contributed by atoms with van der Waals surface area (Å²) in [6, 6.07) is 21.5. The van der Waals surface area contributed by atoms with E-state index < -0.39 is 0 Å². The molecule has 1 atom stereocenters. The van der Waals surface area contributed by atoms with Crippen LogP contribution < -0.4 is 0 Å². The van der Waals surface area contributed by atoms with E-state index in [0.29, 0.717) is 12.2 Å². The van der Waals surface area contributed by atoms with Crippen molar-refractivity contribution in [2.24, 2.45) is 5.41 Å². The monoisotopic (exact) mass is 331 g/mol. The van der Waals surface area contributed by atoms with E-state index in [1.165, 1.54) is 16.7 Å². The molecule has 2 nitrogen and oxygen atoms in total. The Kier molecular flexibility index (Phi) is 4.54. The molecule has 0 N–H and O–H groups in total. The van der Waals surface area contributed by atoms with Gasteiger partial charge in [0.25, 0.3) is 0 Å². The van der Waals surface area contributed by atoms with Gasteiger partial charge in [-0.05, 0) is 24.0 Å². The second kappa shape index (κ2) is 6.97. The van der Waals surface area contributed by atoms with Crippen molar-refractivity contribution in [2.75, 3.05) is 13.1 Å². The Bertz CT molecular complexity index is 765. The van der Waals surface area contributed by atoms with Crippen molar-refractivity contribution in [3.8, 4) is 0 Å². The number of fused-ring (bicyclic) bond motifs is 1. The van der Waals surface area contributed by atoms with Gasteiger partial charge in [0, 0.05) is 37.9 Å². The molecule has 0 bridgehead atoms. The summed E-state index contributed by atoms with van der Waals surface area (Å²) >= 11 is 0. The minimum Gasteiger partial charge on any atom is -0.299 e. The van der Waals surface area contributed by atoms with Gasteiger partial charge in [0.15, 0.2) is 0 Å². The fourth-order valence-electron chi connectivity index (χ4n) is 4.44. The fraction of sp³-hybridized carbons (Fsp3) is 0.348. The third kappa shape index (κ3) is 3.59. The Labute approximate surface area is 150 Å². The summed E-state index contributed by atoms with van der Waals surface area (Å²) in [5.74, 6) is 0.409. The smallest absolute Gasteiger partial charge is 0.136 e. The number of ketones is 1. The molecule has 2 aliphatic rings. The van der Waals surface area contributed by atoms with Crippen LogP contribution in [0.1, 0.15) is 30.4 Å². The summed E-state index contributed by atoms with van der Waals surface area (Å²) in [4.78, 5) is 14.6. The minimum absolute atomic E-state index is 0.127. The molecule has 128 valence electrons. The molecule has 0 aromatic heterocycles. The lowest BCUT2D eigenvalue weighted by Crippen LogP contribution is -2.46. The zero-order valence-electron chi connectivity index (χ0n) is 14.7. The van der Waals surface area contributed by atoms with Crippen LogP contribution in [0.5, 0.6) is 0 Å². The molecule has 1 aliphatic carbocycles. The first kappa shape index (κ1) is 16.3. The zero-order valence-corrected chi connectivity index (χ0v) is 14.7. The Morgan fingerprint density at radius 3 is 2.32 bits per heavy atom. The largest absolute Gasteiger partial charge is 0.299 e. The van der Waals surface area contributed by atoms with Gasteiger partial charge in [0.2, 0.25) is 0 Å². The maximum atomic E-state index is 12.0. The standard InChI is InChI=1S/C23H25NO/c25-22-11-13-23(16-19-7-3-1-4-8-19)18-24(14-12-21(23)15-22)17-20-9-5-2-6-10-20/h1-10,12H,11,13-18H2. The summed E-state index contributed by atoms with van der Waals surface area (Å²) in [5, 5.41) is 0. The Hall–Kier alpha value is -2.19. The van der Waals surface area contributed by atoms with E-state index in [1.54, 1.807) is 0 Å². The third-order valence-electron chi connectivity index (χ3n) is 5.71. The number of hydrogen-bond donors (Lipinski definition) is 0. The lowest BCUT2D eigenvalue weighted by molar-refractivity contribution is -0.120. The van der Waals surface area contributed by atoms with Crippen molar-refractivity contribution in [2.45, 2.75) is 32.2 Å². The fourth-order valence-corrected chi connectivity index (χ4v) is 4.44. The van der Waals surface area contributed by atoms with Crippen LogP contribution in [0.3, 0.4) is 0 Å². The molecule has 1 unspecified atom stereocenters. The van der Waals surface area contributed by atoms with Crippen LogP contribution in [0.4, 0.5) is 0 Å². The normalized spacial score (nSPS) is 23.8. The molecule has 2 heteroatoms. The minimum atomic E-state index is 0.127. The Morgan fingerprint density at radius 1 is 0.920 bits per heavy atom. The average molecular weight is 331 g/mol. The first-order valence-electron chi connectivity index (χ1n) is 9.25. The molecule has 0 radical (unpaired) electrons. The molecule has 1 heterocycles. The molecule has 0 saturated heterocycles. The van der Waals surface area contributed by atoms with Crippen LogP contribution in [0.25, 0.3) is 0 Å². The summed E-state index contributed by atoms with van der Waals surface area (Å²) < 4.78 is 0. The molecule has 0 amide bonds. The van der Waals surface area contributed by atoms with Crippen LogP contribution in [-0.2, 0) is 17.8 Å². The topological polar surface area (TPSA) is 20.3 Å². The summed E-state index contributed by atoms with van der Waals surface area (Å²) in [6.07, 6.45) is 5.75. The van der Waals surface area contributed by atoms with Gasteiger partial charge in [-0.15, -0.1) is 0 Å². The van der Waals surface area contributed by atoms with Gasteiger partial charge >= 0.3 is 0 Å². The van der Waals surface area contributed by atoms with Crippen molar-refractivity contribution in [3.63, 3.8) is 0 Å². The molecule has 1 aliphatic heterocycles. The summed E-state index contributed by atoms with van der Waals surface area (Å²) in [7, 11) is 0. The van der Waals surface area contributed by atoms with E-state index in [2.05, 4.69) is 71.6 Å². The van der Waals surface area contributed by atoms with Gasteiger partial charge in [-0.2, -0.15) is 0 Å². The number of hydrogen-bond acceptors (Lipinski definition) is 2. The molecule has 1 saturated carbocycles. The highest BCUT2D eigenvalue weighted by atomic mass is 16.1. The maximum absolute atomic E-state index is 12.0. The van der Waals surface area contributed by atoms with E-state index in [0.717, 1.165) is 38.9 Å². The molecular formula is C23H25NO. The van der Waals surface area contributed by atoms with E-state index >= 15 is 0 Å². The number of Topliss-reactive ketones (excluding diaryl/α,β-unsaturated/α-hetero) is 1. The van der Waals surface area contributed by atoms with Crippen molar-refractivity contribution >= 4 is 5.78 Å². The quantitative estimate of drug-likeness (QED) is 0.774. The highest BCUT2D eigenvalue weighted by Gasteiger charge is 2.42. The second-order valence-corrected chi connectivity index (χ2v) is 7.54. The maximum Gasteiger partial charge on any atom is 0.136 e. The lowest BCUT2D eigenvalue weighted by atomic mass is 9.65. The molecule has 4 rings (SSSR count). The van der Waals surface area contributed by atoms with E-state index in [1.807, 2.05) is 0 Å². The van der Waals surface area contributed by atoms with Gasteiger partial charge in [-0.3, -0.25) is 9.69 Å². The molecule has 2 aromatic carbocycles. The predicted octanol–water partition coefficient (Wildman–Crippen LogP) is 4.41. The molecular weight excluding hydrogens is 306 g/mol. The first-order chi connectivity index (χ1) is 12.2. The average Bonchev–Trinajstić information content (AvgIpc) is 2.64. The number of rotatable bonds is 4. The van der Waals surface area contributed by atoms with Gasteiger partial charge in [0.1, 0.15) is 5.78 Å². The third-order valence-corrected chi connectivity index (χ3v) is 5.71. The predicted molar refractivity (Wildman–Crippen MR) is 101 cm³/mol. The van der Waals surface area contributed by atoms with Gasteiger partial charge in [-0.1, -0.05) is 72.3 Å². The van der Waals surface area contributed by atoms with E-state index in [-0.39, 0.29) is 5.41 Å². The van der Waals surface area contributed by atoms with Crippen molar-refractivity contribution < 1.29 is 4.79 Å². The summed E-state index contributed by atoms with van der Waals surface area (Å²) in [5.41, 5.74) is 4.25. The van der Waals surface area contributed by atoms with Crippen LogP contribution in [0.2, 0.25) is 0 Å². The van der Waals surface area contributed by atoms with Gasteiger partial charge in [0.05, 0.1) is 0 Å². The number of nitrogens with zero attached hydrogens (tertiary/aromatic N) is 1. The Morgan fingerprint density at radius 2 is 1.60 bits per heavy atom. The highest BCUT2D eigenvalue weighted by molar-refractivity contribution is 5.82. The SMILES string of the molecule is O=C1CCC2(Cc3ccccc3)CN(Cc3ccccc3)CC=C2C1. The molecule has 2 aromatic rings. The zero-order chi connectivity index (χ0) is 17.1.